The number of amides is 1. The van der Waals surface area contributed by atoms with Crippen LogP contribution in [-0.4, -0.2) is 22.7 Å². The highest BCUT2D eigenvalue weighted by molar-refractivity contribution is 5.75. The van der Waals surface area contributed by atoms with Crippen molar-refractivity contribution in [2.45, 2.75) is 26.3 Å². The number of benzene rings is 1. The standard InChI is InChI=1S/C15H19N3O3/c1-11-5-2-3-6-13(11)21-8-4-7-14(19)16-10-12-9-15(20)18-17-12/h2-3,5-6,9H,4,7-8,10H2,1H3,(H,16,19)(H2,17,18,20). The van der Waals surface area contributed by atoms with Crippen LogP contribution in [0.15, 0.2) is 35.1 Å². The van der Waals surface area contributed by atoms with Gasteiger partial charge in [-0.05, 0) is 25.0 Å². The summed E-state index contributed by atoms with van der Waals surface area (Å²) in [6.07, 6.45) is 1.03. The van der Waals surface area contributed by atoms with Crippen LogP contribution in [0.1, 0.15) is 24.1 Å². The molecule has 21 heavy (non-hydrogen) atoms. The number of nitrogens with one attached hydrogen (secondary N) is 3. The lowest BCUT2D eigenvalue weighted by atomic mass is 10.2. The molecule has 2 rings (SSSR count). The van der Waals surface area contributed by atoms with Gasteiger partial charge in [-0.2, -0.15) is 0 Å². The maximum absolute atomic E-state index is 11.6. The van der Waals surface area contributed by atoms with Gasteiger partial charge in [0.2, 0.25) is 5.91 Å². The SMILES string of the molecule is Cc1ccccc1OCCCC(=O)NCc1cc(=O)[nH][nH]1. The lowest BCUT2D eigenvalue weighted by molar-refractivity contribution is -0.121. The van der Waals surface area contributed by atoms with Crippen molar-refractivity contribution < 1.29 is 9.53 Å². The van der Waals surface area contributed by atoms with Crippen LogP contribution < -0.4 is 15.6 Å². The number of aromatic amines is 2. The molecule has 0 aliphatic rings. The molecular formula is C15H19N3O3. The summed E-state index contributed by atoms with van der Waals surface area (Å²) in [5.41, 5.74) is 1.54. The molecule has 1 aromatic heterocycles. The third-order valence-corrected chi connectivity index (χ3v) is 3.03. The van der Waals surface area contributed by atoms with E-state index in [1.165, 1.54) is 6.07 Å². The normalized spacial score (nSPS) is 10.3. The van der Waals surface area contributed by atoms with Gasteiger partial charge in [-0.25, -0.2) is 0 Å². The number of aromatic nitrogens is 2. The van der Waals surface area contributed by atoms with Crippen molar-refractivity contribution in [3.8, 4) is 5.75 Å². The van der Waals surface area contributed by atoms with E-state index in [1.807, 2.05) is 31.2 Å². The van der Waals surface area contributed by atoms with Gasteiger partial charge in [0.1, 0.15) is 5.75 Å². The topological polar surface area (TPSA) is 87.0 Å². The van der Waals surface area contributed by atoms with Gasteiger partial charge in [-0.1, -0.05) is 18.2 Å². The van der Waals surface area contributed by atoms with Gasteiger partial charge >= 0.3 is 0 Å². The van der Waals surface area contributed by atoms with Gasteiger partial charge in [-0.15, -0.1) is 0 Å². The van der Waals surface area contributed by atoms with Gasteiger partial charge in [0, 0.05) is 12.5 Å². The lowest BCUT2D eigenvalue weighted by Crippen LogP contribution is -2.23. The van der Waals surface area contributed by atoms with Gasteiger partial charge in [0.25, 0.3) is 5.56 Å². The maximum Gasteiger partial charge on any atom is 0.264 e. The summed E-state index contributed by atoms with van der Waals surface area (Å²) in [6.45, 7) is 2.80. The quantitative estimate of drug-likeness (QED) is 0.675. The molecule has 0 aliphatic carbocycles. The molecule has 112 valence electrons. The summed E-state index contributed by atoms with van der Waals surface area (Å²) < 4.78 is 5.62. The molecule has 0 bridgehead atoms. The first-order valence-corrected chi connectivity index (χ1v) is 6.87. The highest BCUT2D eigenvalue weighted by Gasteiger charge is 2.03. The third kappa shape index (κ3) is 4.83. The predicted octanol–water partition coefficient (Wildman–Crippen LogP) is 1.49. The predicted molar refractivity (Wildman–Crippen MR) is 79.2 cm³/mol. The van der Waals surface area contributed by atoms with Gasteiger partial charge in [0.15, 0.2) is 0 Å². The monoisotopic (exact) mass is 289 g/mol. The Morgan fingerprint density at radius 2 is 2.10 bits per heavy atom. The van der Waals surface area contributed by atoms with E-state index >= 15 is 0 Å². The molecule has 2 aromatic rings. The van der Waals surface area contributed by atoms with Crippen molar-refractivity contribution in [2.24, 2.45) is 0 Å². The fourth-order valence-electron chi connectivity index (χ4n) is 1.88. The Morgan fingerprint density at radius 1 is 1.29 bits per heavy atom. The van der Waals surface area contributed by atoms with Crippen LogP contribution in [-0.2, 0) is 11.3 Å². The maximum atomic E-state index is 11.6. The molecule has 0 aliphatic heterocycles. The van der Waals surface area contributed by atoms with E-state index in [2.05, 4.69) is 15.5 Å². The molecule has 0 saturated carbocycles. The van der Waals surface area contributed by atoms with Crippen LogP contribution in [0.3, 0.4) is 0 Å². The molecule has 3 N–H and O–H groups in total. The van der Waals surface area contributed by atoms with Crippen molar-refractivity contribution in [1.82, 2.24) is 15.5 Å². The van der Waals surface area contributed by atoms with Gasteiger partial charge < -0.3 is 15.2 Å². The van der Waals surface area contributed by atoms with E-state index in [0.717, 1.165) is 11.3 Å². The van der Waals surface area contributed by atoms with E-state index in [1.54, 1.807) is 0 Å². The highest BCUT2D eigenvalue weighted by atomic mass is 16.5. The summed E-state index contributed by atoms with van der Waals surface area (Å²) in [6, 6.07) is 9.20. The fraction of sp³-hybridized carbons (Fsp3) is 0.333. The van der Waals surface area contributed by atoms with Crippen molar-refractivity contribution in [1.29, 1.82) is 0 Å². The number of rotatable bonds is 7. The van der Waals surface area contributed by atoms with E-state index in [-0.39, 0.29) is 11.5 Å². The number of hydrogen-bond acceptors (Lipinski definition) is 3. The number of ether oxygens (including phenoxy) is 1. The first kappa shape index (κ1) is 14.9. The zero-order valence-corrected chi connectivity index (χ0v) is 11.9. The van der Waals surface area contributed by atoms with E-state index in [0.29, 0.717) is 31.7 Å². The molecule has 0 radical (unpaired) electrons. The second-order valence-electron chi connectivity index (χ2n) is 4.78. The van der Waals surface area contributed by atoms with Gasteiger partial charge in [0.05, 0.1) is 18.8 Å². The van der Waals surface area contributed by atoms with Crippen LogP contribution in [0, 0.1) is 6.92 Å². The average Bonchev–Trinajstić information content (AvgIpc) is 2.89. The summed E-state index contributed by atoms with van der Waals surface area (Å²) >= 11 is 0. The molecular weight excluding hydrogens is 270 g/mol. The van der Waals surface area contributed by atoms with E-state index in [9.17, 15) is 9.59 Å². The lowest BCUT2D eigenvalue weighted by Gasteiger charge is -2.08. The first-order chi connectivity index (χ1) is 10.1. The summed E-state index contributed by atoms with van der Waals surface area (Å²) in [4.78, 5) is 22.5. The summed E-state index contributed by atoms with van der Waals surface area (Å²) in [5, 5.41) is 7.83. The first-order valence-electron chi connectivity index (χ1n) is 6.87. The zero-order chi connectivity index (χ0) is 15.1. The Bertz CT molecular complexity index is 645. The molecule has 0 atom stereocenters. The number of para-hydroxylation sites is 1. The van der Waals surface area contributed by atoms with Crippen LogP contribution >= 0.6 is 0 Å². The smallest absolute Gasteiger partial charge is 0.264 e. The number of H-pyrrole nitrogens is 2. The Kier molecular flexibility index (Phi) is 5.20. The van der Waals surface area contributed by atoms with E-state index in [4.69, 9.17) is 4.74 Å². The molecule has 6 nitrogen and oxygen atoms in total. The van der Waals surface area contributed by atoms with Crippen LogP contribution in [0.2, 0.25) is 0 Å². The third-order valence-electron chi connectivity index (χ3n) is 3.03. The molecule has 0 unspecified atom stereocenters. The van der Waals surface area contributed by atoms with Crippen molar-refractivity contribution in [3.05, 3.63) is 51.9 Å². The number of carbonyl (C=O) groups excluding carboxylic acids is 1. The average molecular weight is 289 g/mol. The fourth-order valence-corrected chi connectivity index (χ4v) is 1.88. The highest BCUT2D eigenvalue weighted by Crippen LogP contribution is 2.16. The number of carbonyl (C=O) groups is 1. The Balaban J connectivity index is 1.63. The van der Waals surface area contributed by atoms with Crippen LogP contribution in [0.25, 0.3) is 0 Å². The summed E-state index contributed by atoms with van der Waals surface area (Å²) in [5.74, 6) is 0.785. The van der Waals surface area contributed by atoms with Gasteiger partial charge in [-0.3, -0.25) is 14.7 Å². The Labute approximate surface area is 122 Å². The zero-order valence-electron chi connectivity index (χ0n) is 11.9. The molecule has 1 heterocycles. The Morgan fingerprint density at radius 3 is 2.81 bits per heavy atom. The molecule has 0 saturated heterocycles. The van der Waals surface area contributed by atoms with E-state index < -0.39 is 0 Å². The minimum atomic E-state index is -0.203. The Hall–Kier alpha value is -2.50. The molecule has 1 amide bonds. The van der Waals surface area contributed by atoms with Crippen LogP contribution in [0.5, 0.6) is 5.75 Å². The largest absolute Gasteiger partial charge is 0.493 e. The molecule has 0 fully saturated rings. The minimum absolute atomic E-state index is 0.0644. The van der Waals surface area contributed by atoms with Crippen molar-refractivity contribution in [2.75, 3.05) is 6.61 Å². The van der Waals surface area contributed by atoms with Crippen molar-refractivity contribution >= 4 is 5.91 Å². The second-order valence-corrected chi connectivity index (χ2v) is 4.78. The molecule has 0 spiro atoms. The van der Waals surface area contributed by atoms with Crippen molar-refractivity contribution in [3.63, 3.8) is 0 Å². The minimum Gasteiger partial charge on any atom is -0.493 e. The number of aryl methyl sites for hydroxylation is 1. The molecule has 1 aromatic carbocycles. The summed E-state index contributed by atoms with van der Waals surface area (Å²) in [7, 11) is 0. The number of hydrogen-bond donors (Lipinski definition) is 3. The second kappa shape index (κ2) is 7.33. The molecule has 6 heteroatoms. The van der Waals surface area contributed by atoms with Crippen LogP contribution in [0.4, 0.5) is 0 Å².